The van der Waals surface area contributed by atoms with E-state index in [1.807, 2.05) is 6.92 Å². The van der Waals surface area contributed by atoms with Crippen molar-refractivity contribution in [3.63, 3.8) is 0 Å². The molecule has 0 aliphatic carbocycles. The van der Waals surface area contributed by atoms with Gasteiger partial charge in [-0.25, -0.2) is 13.4 Å². The van der Waals surface area contributed by atoms with Gasteiger partial charge >= 0.3 is 0 Å². The maximum atomic E-state index is 11.9. The van der Waals surface area contributed by atoms with Crippen molar-refractivity contribution in [1.29, 1.82) is 0 Å². The second-order valence-electron chi connectivity index (χ2n) is 3.36. The van der Waals surface area contributed by atoms with Crippen LogP contribution in [0.15, 0.2) is 38.5 Å². The van der Waals surface area contributed by atoms with E-state index in [9.17, 15) is 8.42 Å². The molecule has 0 saturated carbocycles. The number of nitrogens with zero attached hydrogens (tertiary/aromatic N) is 1. The minimum atomic E-state index is -3.51. The highest BCUT2D eigenvalue weighted by atomic mass is 79.9. The van der Waals surface area contributed by atoms with E-state index in [1.165, 1.54) is 11.3 Å². The summed E-state index contributed by atoms with van der Waals surface area (Å²) in [6.45, 7) is 1.87. The number of hydrogen-bond donors (Lipinski definition) is 1. The van der Waals surface area contributed by atoms with Crippen molar-refractivity contribution >= 4 is 43.1 Å². The maximum Gasteiger partial charge on any atom is 0.272 e. The maximum absolute atomic E-state index is 11.9. The number of thiophene rings is 1. The number of pyridine rings is 1. The first kappa shape index (κ1) is 12.5. The first-order valence-corrected chi connectivity index (χ1v) is 7.83. The lowest BCUT2D eigenvalue weighted by Crippen LogP contribution is -2.12. The predicted octanol–water partition coefficient (Wildman–Crippen LogP) is 3.01. The zero-order chi connectivity index (χ0) is 12.5. The molecule has 2 aromatic rings. The number of rotatable bonds is 3. The highest BCUT2D eigenvalue weighted by Gasteiger charge is 2.15. The molecule has 0 bridgehead atoms. The van der Waals surface area contributed by atoms with E-state index >= 15 is 0 Å². The van der Waals surface area contributed by atoms with Crippen molar-refractivity contribution in [2.75, 3.05) is 4.72 Å². The summed E-state index contributed by atoms with van der Waals surface area (Å²) in [6, 6.07) is 4.92. The van der Waals surface area contributed by atoms with Crippen molar-refractivity contribution in [3.05, 3.63) is 39.8 Å². The van der Waals surface area contributed by atoms with Crippen molar-refractivity contribution in [2.45, 2.75) is 11.1 Å². The standard InChI is InChI=1S/C10H9BrN2O2S2/c1-7-5-9(12-6-8(7)11)13-17(14,15)10-3-2-4-16-10/h2-6H,1H3,(H,12,13). The Morgan fingerprint density at radius 1 is 1.47 bits per heavy atom. The summed E-state index contributed by atoms with van der Waals surface area (Å²) in [5, 5.41) is 1.72. The van der Waals surface area contributed by atoms with Gasteiger partial charge in [0.1, 0.15) is 10.0 Å². The first-order valence-electron chi connectivity index (χ1n) is 4.67. The summed E-state index contributed by atoms with van der Waals surface area (Å²) in [5.74, 6) is 0.319. The quantitative estimate of drug-likeness (QED) is 0.939. The van der Waals surface area contributed by atoms with Gasteiger partial charge in [-0.05, 0) is 45.9 Å². The summed E-state index contributed by atoms with van der Waals surface area (Å²) in [4.78, 5) is 4.00. The molecule has 1 N–H and O–H groups in total. The van der Waals surface area contributed by atoms with E-state index in [0.717, 1.165) is 10.0 Å². The molecule has 0 fully saturated rings. The Morgan fingerprint density at radius 2 is 2.24 bits per heavy atom. The van der Waals surface area contributed by atoms with Gasteiger partial charge in [0.2, 0.25) is 0 Å². The number of aromatic nitrogens is 1. The Hall–Kier alpha value is -0.920. The number of sulfonamides is 1. The van der Waals surface area contributed by atoms with Gasteiger partial charge in [0.15, 0.2) is 0 Å². The molecule has 0 radical (unpaired) electrons. The minimum absolute atomic E-state index is 0.278. The molecule has 0 amide bonds. The molecular weight excluding hydrogens is 324 g/mol. The van der Waals surface area contributed by atoms with Crippen molar-refractivity contribution in [2.24, 2.45) is 0 Å². The van der Waals surface area contributed by atoms with Crippen molar-refractivity contribution < 1.29 is 8.42 Å². The Kier molecular flexibility index (Phi) is 3.50. The largest absolute Gasteiger partial charge is 0.272 e. The predicted molar refractivity (Wildman–Crippen MR) is 71.8 cm³/mol. The zero-order valence-electron chi connectivity index (χ0n) is 8.84. The van der Waals surface area contributed by atoms with Crippen LogP contribution in [0.5, 0.6) is 0 Å². The minimum Gasteiger partial charge on any atom is -0.263 e. The van der Waals surface area contributed by atoms with Crippen molar-refractivity contribution in [1.82, 2.24) is 4.98 Å². The molecule has 17 heavy (non-hydrogen) atoms. The molecule has 90 valence electrons. The molecule has 0 saturated heterocycles. The molecule has 0 aliphatic rings. The number of anilines is 1. The molecule has 0 aromatic carbocycles. The van der Waals surface area contributed by atoms with Gasteiger partial charge in [0, 0.05) is 10.7 Å². The summed E-state index contributed by atoms with van der Waals surface area (Å²) in [6.07, 6.45) is 1.57. The fourth-order valence-electron chi connectivity index (χ4n) is 1.20. The summed E-state index contributed by atoms with van der Waals surface area (Å²) < 4.78 is 27.4. The second kappa shape index (κ2) is 4.75. The van der Waals surface area contributed by atoms with Gasteiger partial charge in [0.25, 0.3) is 10.0 Å². The molecular formula is C10H9BrN2O2S2. The van der Waals surface area contributed by atoms with E-state index in [4.69, 9.17) is 0 Å². The van der Waals surface area contributed by atoms with Crippen LogP contribution in [-0.2, 0) is 10.0 Å². The number of halogens is 1. The summed E-state index contributed by atoms with van der Waals surface area (Å²) >= 11 is 4.48. The lowest BCUT2D eigenvalue weighted by Gasteiger charge is -2.06. The zero-order valence-corrected chi connectivity index (χ0v) is 12.1. The normalized spacial score (nSPS) is 11.4. The summed E-state index contributed by atoms with van der Waals surface area (Å²) in [5.41, 5.74) is 0.920. The molecule has 0 atom stereocenters. The van der Waals surface area contributed by atoms with Gasteiger partial charge < -0.3 is 0 Å². The first-order chi connectivity index (χ1) is 7.99. The molecule has 7 heteroatoms. The molecule has 0 spiro atoms. The van der Waals surface area contributed by atoms with E-state index in [2.05, 4.69) is 25.6 Å². The Bertz CT molecular complexity index is 624. The van der Waals surface area contributed by atoms with E-state index in [-0.39, 0.29) is 4.21 Å². The average Bonchev–Trinajstić information content (AvgIpc) is 2.77. The molecule has 0 aliphatic heterocycles. The van der Waals surface area contributed by atoms with E-state index < -0.39 is 10.0 Å². The molecule has 0 unspecified atom stereocenters. The van der Waals surface area contributed by atoms with Crippen LogP contribution in [0.1, 0.15) is 5.56 Å². The van der Waals surface area contributed by atoms with Crippen LogP contribution in [0, 0.1) is 6.92 Å². The van der Waals surface area contributed by atoms with Crippen LogP contribution in [0.25, 0.3) is 0 Å². The van der Waals surface area contributed by atoms with Gasteiger partial charge in [0.05, 0.1) is 0 Å². The highest BCUT2D eigenvalue weighted by Crippen LogP contribution is 2.21. The Labute approximate surface area is 112 Å². The third-order valence-electron chi connectivity index (χ3n) is 2.05. The number of aryl methyl sites for hydroxylation is 1. The smallest absolute Gasteiger partial charge is 0.263 e. The van der Waals surface area contributed by atoms with E-state index in [1.54, 1.807) is 29.8 Å². The van der Waals surface area contributed by atoms with Crippen LogP contribution < -0.4 is 4.72 Å². The fraction of sp³-hybridized carbons (Fsp3) is 0.100. The van der Waals surface area contributed by atoms with Gasteiger partial charge in [-0.2, -0.15) is 0 Å². The third kappa shape index (κ3) is 2.85. The highest BCUT2D eigenvalue weighted by molar-refractivity contribution is 9.10. The van der Waals surface area contributed by atoms with Gasteiger partial charge in [-0.1, -0.05) is 6.07 Å². The average molecular weight is 333 g/mol. The van der Waals surface area contributed by atoms with Crippen LogP contribution in [0.2, 0.25) is 0 Å². The SMILES string of the molecule is Cc1cc(NS(=O)(=O)c2cccs2)ncc1Br. The number of hydrogen-bond acceptors (Lipinski definition) is 4. The molecule has 2 aromatic heterocycles. The lowest BCUT2D eigenvalue weighted by atomic mass is 10.3. The van der Waals surface area contributed by atoms with Gasteiger partial charge in [-0.15, -0.1) is 11.3 Å². The van der Waals surface area contributed by atoms with Crippen LogP contribution in [-0.4, -0.2) is 13.4 Å². The lowest BCUT2D eigenvalue weighted by molar-refractivity contribution is 0.603. The topological polar surface area (TPSA) is 59.1 Å². The third-order valence-corrected chi connectivity index (χ3v) is 5.63. The molecule has 2 rings (SSSR count). The monoisotopic (exact) mass is 332 g/mol. The Balaban J connectivity index is 2.30. The van der Waals surface area contributed by atoms with Crippen LogP contribution >= 0.6 is 27.3 Å². The Morgan fingerprint density at radius 3 is 2.82 bits per heavy atom. The van der Waals surface area contributed by atoms with Crippen molar-refractivity contribution in [3.8, 4) is 0 Å². The van der Waals surface area contributed by atoms with E-state index in [0.29, 0.717) is 5.82 Å². The number of nitrogens with one attached hydrogen (secondary N) is 1. The van der Waals surface area contributed by atoms with Gasteiger partial charge in [-0.3, -0.25) is 4.72 Å². The van der Waals surface area contributed by atoms with Crippen LogP contribution in [0.4, 0.5) is 5.82 Å². The van der Waals surface area contributed by atoms with Crippen LogP contribution in [0.3, 0.4) is 0 Å². The molecule has 4 nitrogen and oxygen atoms in total. The second-order valence-corrected chi connectivity index (χ2v) is 7.07. The fourth-order valence-corrected chi connectivity index (χ4v) is 3.41. The summed E-state index contributed by atoms with van der Waals surface area (Å²) in [7, 11) is -3.51. The molecule has 2 heterocycles.